The van der Waals surface area contributed by atoms with Crippen LogP contribution in [0, 0.1) is 0 Å². The second-order valence-electron chi connectivity index (χ2n) is 5.62. The van der Waals surface area contributed by atoms with Gasteiger partial charge in [-0.25, -0.2) is 0 Å². The highest BCUT2D eigenvalue weighted by atomic mass is 32.5. The van der Waals surface area contributed by atoms with Crippen molar-refractivity contribution >= 4 is 53.7 Å². The maximum Gasteiger partial charge on any atom is 0.303 e. The lowest BCUT2D eigenvalue weighted by Crippen LogP contribution is -2.63. The minimum absolute atomic E-state index is 0.00277. The van der Waals surface area contributed by atoms with Crippen molar-refractivity contribution in [1.29, 1.82) is 0 Å². The zero-order chi connectivity index (χ0) is 22.2. The summed E-state index contributed by atoms with van der Waals surface area (Å²) >= 11 is 10.3. The SMILES string of the molecule is COP(=S)(NNC(=S)N[C@@H]1OC[C@@H](OC(C)=O)[C@H](OC(C)=O)[C@H]1OC(C)=O)OC. The van der Waals surface area contributed by atoms with E-state index in [1.165, 1.54) is 35.0 Å². The Kier molecular flexibility index (Phi) is 10.3. The first-order valence-electron chi connectivity index (χ1n) is 8.20. The first-order chi connectivity index (χ1) is 13.5. The molecule has 15 heteroatoms. The molecule has 1 aliphatic heterocycles. The molecular weight excluding hydrogens is 449 g/mol. The van der Waals surface area contributed by atoms with E-state index in [9.17, 15) is 14.4 Å². The first kappa shape index (κ1) is 25.6. The zero-order valence-corrected chi connectivity index (χ0v) is 19.0. The van der Waals surface area contributed by atoms with Gasteiger partial charge >= 0.3 is 17.9 Å². The quantitative estimate of drug-likeness (QED) is 0.139. The van der Waals surface area contributed by atoms with Crippen LogP contribution in [0.25, 0.3) is 0 Å². The number of esters is 3. The van der Waals surface area contributed by atoms with Gasteiger partial charge in [0.05, 0.1) is 6.61 Å². The lowest BCUT2D eigenvalue weighted by Gasteiger charge is -2.40. The number of hydrogen-bond donors (Lipinski definition) is 3. The number of hydrazine groups is 1. The number of nitrogens with one attached hydrogen (secondary N) is 3. The third kappa shape index (κ3) is 8.46. The normalized spacial score (nSPS) is 24.2. The molecular formula is C14H24N3O9PS2. The van der Waals surface area contributed by atoms with Crippen LogP contribution in [0.4, 0.5) is 0 Å². The van der Waals surface area contributed by atoms with Gasteiger partial charge in [0.15, 0.2) is 29.7 Å². The number of carbonyl (C=O) groups excluding carboxylic acids is 3. The summed E-state index contributed by atoms with van der Waals surface area (Å²) in [4.78, 5) is 34.5. The van der Waals surface area contributed by atoms with Crippen LogP contribution in [0.3, 0.4) is 0 Å². The fraction of sp³-hybridized carbons (Fsp3) is 0.714. The fourth-order valence-corrected chi connectivity index (χ4v) is 3.28. The largest absolute Gasteiger partial charge is 0.456 e. The van der Waals surface area contributed by atoms with Crippen molar-refractivity contribution in [2.24, 2.45) is 0 Å². The van der Waals surface area contributed by atoms with Crippen molar-refractivity contribution in [3.63, 3.8) is 0 Å². The van der Waals surface area contributed by atoms with Gasteiger partial charge in [-0.3, -0.25) is 19.8 Å². The minimum Gasteiger partial charge on any atom is -0.456 e. The molecule has 12 nitrogen and oxygen atoms in total. The molecule has 3 N–H and O–H groups in total. The minimum atomic E-state index is -2.79. The Morgan fingerprint density at radius 1 is 0.966 bits per heavy atom. The maximum absolute atomic E-state index is 11.6. The Labute approximate surface area is 178 Å². The summed E-state index contributed by atoms with van der Waals surface area (Å²) in [5.74, 6) is -1.94. The standard InChI is InChI=1S/C14H24N3O9PS2/c1-7(18)24-10-6-23-13(12(26-9(3)20)11(10)25-8(2)19)15-14(28)16-17-27(29,21-4)22-5/h10-13H,6H2,1-5H3,(H,17,29)(H2,15,16,28)/t10-,11+,12-,13-/m1/s1. The van der Waals surface area contributed by atoms with E-state index in [0.717, 1.165) is 0 Å². The molecule has 1 rings (SSSR count). The van der Waals surface area contributed by atoms with Crippen molar-refractivity contribution in [2.75, 3.05) is 20.8 Å². The Bertz CT molecular complexity index is 673. The molecule has 0 aliphatic carbocycles. The molecule has 0 aromatic rings. The summed E-state index contributed by atoms with van der Waals surface area (Å²) in [5, 5.41) is 5.39. The van der Waals surface area contributed by atoms with Gasteiger partial charge < -0.3 is 33.3 Å². The molecule has 0 saturated carbocycles. The molecule has 0 bridgehead atoms. The number of hydrogen-bond acceptors (Lipinski definition) is 11. The second kappa shape index (κ2) is 11.7. The highest BCUT2D eigenvalue weighted by Crippen LogP contribution is 2.40. The Morgan fingerprint density at radius 2 is 1.48 bits per heavy atom. The van der Waals surface area contributed by atoms with Crippen molar-refractivity contribution < 1.29 is 42.4 Å². The molecule has 0 radical (unpaired) electrons. The van der Waals surface area contributed by atoms with Gasteiger partial charge in [0.2, 0.25) is 0 Å². The van der Waals surface area contributed by atoms with E-state index in [1.54, 1.807) is 0 Å². The summed E-state index contributed by atoms with van der Waals surface area (Å²) < 4.78 is 31.3. The zero-order valence-electron chi connectivity index (χ0n) is 16.5. The van der Waals surface area contributed by atoms with E-state index in [1.807, 2.05) is 0 Å². The predicted molar refractivity (Wildman–Crippen MR) is 107 cm³/mol. The monoisotopic (exact) mass is 473 g/mol. The third-order valence-corrected chi connectivity index (χ3v) is 6.15. The molecule has 0 amide bonds. The molecule has 166 valence electrons. The van der Waals surface area contributed by atoms with E-state index in [0.29, 0.717) is 0 Å². The van der Waals surface area contributed by atoms with E-state index in [-0.39, 0.29) is 11.7 Å². The first-order valence-corrected chi connectivity index (χ1v) is 11.2. The lowest BCUT2D eigenvalue weighted by molar-refractivity contribution is -0.227. The number of carbonyl (C=O) groups is 3. The molecule has 1 heterocycles. The second-order valence-corrected chi connectivity index (χ2v) is 9.42. The summed E-state index contributed by atoms with van der Waals surface area (Å²) in [6.07, 6.45) is -4.29. The molecule has 1 saturated heterocycles. The molecule has 29 heavy (non-hydrogen) atoms. The topological polar surface area (TPSA) is 143 Å². The number of ether oxygens (including phenoxy) is 4. The van der Waals surface area contributed by atoms with Crippen LogP contribution < -0.4 is 15.9 Å². The van der Waals surface area contributed by atoms with Crippen molar-refractivity contribution in [1.82, 2.24) is 15.9 Å². The Morgan fingerprint density at radius 3 is 1.97 bits per heavy atom. The van der Waals surface area contributed by atoms with Crippen molar-refractivity contribution in [3.05, 3.63) is 0 Å². The van der Waals surface area contributed by atoms with Crippen LogP contribution in [-0.4, -0.2) is 68.4 Å². The third-order valence-electron chi connectivity index (χ3n) is 3.41. The van der Waals surface area contributed by atoms with Crippen LogP contribution in [0.5, 0.6) is 0 Å². The Balaban J connectivity index is 2.95. The molecule has 0 unspecified atom stereocenters. The molecule has 0 aromatic heterocycles. The van der Waals surface area contributed by atoms with Gasteiger partial charge in [0.1, 0.15) is 0 Å². The molecule has 0 aromatic carbocycles. The van der Waals surface area contributed by atoms with E-state index < -0.39 is 49.1 Å². The number of thiocarbonyl (C=S) groups is 1. The smallest absolute Gasteiger partial charge is 0.303 e. The number of rotatable bonds is 8. The van der Waals surface area contributed by atoms with Crippen LogP contribution in [-0.2, 0) is 54.2 Å². The molecule has 1 fully saturated rings. The van der Waals surface area contributed by atoms with E-state index in [4.69, 9.17) is 52.0 Å². The molecule has 1 aliphatic rings. The van der Waals surface area contributed by atoms with E-state index in [2.05, 4.69) is 15.9 Å². The summed E-state index contributed by atoms with van der Waals surface area (Å²) in [7, 11) is 2.74. The summed E-state index contributed by atoms with van der Waals surface area (Å²) in [6, 6.07) is 0. The Hall–Kier alpha value is -1.41. The van der Waals surface area contributed by atoms with Crippen molar-refractivity contribution in [2.45, 2.75) is 45.3 Å². The van der Waals surface area contributed by atoms with E-state index >= 15 is 0 Å². The van der Waals surface area contributed by atoms with Crippen molar-refractivity contribution in [3.8, 4) is 0 Å². The van der Waals surface area contributed by atoms with Crippen LogP contribution >= 0.6 is 18.9 Å². The molecule has 4 atom stereocenters. The van der Waals surface area contributed by atoms with Gasteiger partial charge in [-0.15, -0.1) is 0 Å². The van der Waals surface area contributed by atoms with Gasteiger partial charge in [-0.05, 0) is 24.0 Å². The van der Waals surface area contributed by atoms with Crippen LogP contribution in [0.2, 0.25) is 0 Å². The van der Waals surface area contributed by atoms with Crippen LogP contribution in [0.1, 0.15) is 20.8 Å². The average Bonchev–Trinajstić information content (AvgIpc) is 2.63. The highest BCUT2D eigenvalue weighted by molar-refractivity contribution is 8.08. The highest BCUT2D eigenvalue weighted by Gasteiger charge is 2.47. The molecule has 0 spiro atoms. The van der Waals surface area contributed by atoms with Gasteiger partial charge in [0.25, 0.3) is 6.64 Å². The fourth-order valence-electron chi connectivity index (χ4n) is 2.32. The predicted octanol–water partition coefficient (Wildman–Crippen LogP) is -0.376. The summed E-state index contributed by atoms with van der Waals surface area (Å²) in [6.45, 7) is 0.600. The van der Waals surface area contributed by atoms with Crippen LogP contribution in [0.15, 0.2) is 0 Å². The summed E-state index contributed by atoms with van der Waals surface area (Å²) in [5.41, 5.74) is 2.60. The lowest BCUT2D eigenvalue weighted by atomic mass is 10.0. The average molecular weight is 473 g/mol. The maximum atomic E-state index is 11.6. The van der Waals surface area contributed by atoms with Gasteiger partial charge in [-0.1, -0.05) is 0 Å². The van der Waals surface area contributed by atoms with Gasteiger partial charge in [-0.2, -0.15) is 5.20 Å². The van der Waals surface area contributed by atoms with Gasteiger partial charge in [0, 0.05) is 35.0 Å².